The van der Waals surface area contributed by atoms with Crippen LogP contribution in [0.5, 0.6) is 11.5 Å². The van der Waals surface area contributed by atoms with Gasteiger partial charge in [-0.2, -0.15) is 0 Å². The summed E-state index contributed by atoms with van der Waals surface area (Å²) in [6.07, 6.45) is 4.96. The van der Waals surface area contributed by atoms with Gasteiger partial charge < -0.3 is 14.2 Å². The molecule has 1 aliphatic carbocycles. The van der Waals surface area contributed by atoms with Crippen LogP contribution >= 0.6 is 0 Å². The molecule has 6 heteroatoms. The maximum absolute atomic E-state index is 12.9. The van der Waals surface area contributed by atoms with E-state index < -0.39 is 11.9 Å². The van der Waals surface area contributed by atoms with Crippen molar-refractivity contribution in [1.29, 1.82) is 0 Å². The van der Waals surface area contributed by atoms with Gasteiger partial charge in [-0.05, 0) is 78.3 Å². The Bertz CT molecular complexity index is 1060. The molecular formula is C28H30O6. The molecule has 178 valence electrons. The molecule has 0 amide bonds. The van der Waals surface area contributed by atoms with Crippen LogP contribution in [0.1, 0.15) is 49.5 Å². The van der Waals surface area contributed by atoms with E-state index in [1.807, 2.05) is 18.2 Å². The lowest BCUT2D eigenvalue weighted by atomic mass is 9.73. The van der Waals surface area contributed by atoms with E-state index in [1.165, 1.54) is 0 Å². The van der Waals surface area contributed by atoms with E-state index in [2.05, 4.69) is 27.4 Å². The molecule has 0 radical (unpaired) electrons. The van der Waals surface area contributed by atoms with E-state index in [4.69, 9.17) is 14.2 Å². The third-order valence-electron chi connectivity index (χ3n) is 5.96. The van der Waals surface area contributed by atoms with Crippen LogP contribution in [0.25, 0.3) is 6.08 Å². The minimum absolute atomic E-state index is 0.0848. The Morgan fingerprint density at radius 3 is 2.29 bits per heavy atom. The van der Waals surface area contributed by atoms with Gasteiger partial charge in [0.15, 0.2) is 5.78 Å². The number of rotatable bonds is 8. The highest BCUT2D eigenvalue weighted by Gasteiger charge is 2.32. The normalized spacial score (nSPS) is 19.1. The summed E-state index contributed by atoms with van der Waals surface area (Å²) in [7, 11) is 0. The van der Waals surface area contributed by atoms with Crippen molar-refractivity contribution in [1.82, 2.24) is 0 Å². The quantitative estimate of drug-likeness (QED) is 0.219. The van der Waals surface area contributed by atoms with Crippen molar-refractivity contribution in [2.45, 2.75) is 33.6 Å². The Morgan fingerprint density at radius 2 is 1.68 bits per heavy atom. The SMILES string of the molecule is C=CC(=O)OCOc1ccc(C(=O)Oc2ccc(/C=C3/C(=O)[C@@H](C(C)C)CCC3C)cc2)cc1. The highest BCUT2D eigenvalue weighted by atomic mass is 16.7. The van der Waals surface area contributed by atoms with E-state index in [0.717, 1.165) is 30.1 Å². The maximum atomic E-state index is 12.9. The van der Waals surface area contributed by atoms with Crippen LogP contribution in [-0.2, 0) is 14.3 Å². The molecule has 34 heavy (non-hydrogen) atoms. The van der Waals surface area contributed by atoms with Gasteiger partial charge in [-0.25, -0.2) is 9.59 Å². The highest BCUT2D eigenvalue weighted by molar-refractivity contribution is 6.02. The van der Waals surface area contributed by atoms with E-state index in [-0.39, 0.29) is 24.4 Å². The van der Waals surface area contributed by atoms with Gasteiger partial charge in [-0.1, -0.05) is 39.5 Å². The molecule has 0 aliphatic heterocycles. The fraction of sp³-hybridized carbons (Fsp3) is 0.321. The van der Waals surface area contributed by atoms with Crippen molar-refractivity contribution in [3.63, 3.8) is 0 Å². The molecule has 0 bridgehead atoms. The van der Waals surface area contributed by atoms with Crippen molar-refractivity contribution >= 4 is 23.8 Å². The first kappa shape index (κ1) is 25.0. The van der Waals surface area contributed by atoms with Crippen LogP contribution in [0.2, 0.25) is 0 Å². The summed E-state index contributed by atoms with van der Waals surface area (Å²) in [5.41, 5.74) is 2.12. The van der Waals surface area contributed by atoms with Gasteiger partial charge in [-0.15, -0.1) is 0 Å². The second-order valence-electron chi connectivity index (χ2n) is 8.71. The fourth-order valence-corrected chi connectivity index (χ4v) is 3.90. The zero-order valence-corrected chi connectivity index (χ0v) is 19.8. The van der Waals surface area contributed by atoms with Crippen LogP contribution in [0.4, 0.5) is 0 Å². The molecule has 6 nitrogen and oxygen atoms in total. The maximum Gasteiger partial charge on any atom is 0.343 e. The first-order valence-electron chi connectivity index (χ1n) is 11.4. The predicted octanol–water partition coefficient (Wildman–Crippen LogP) is 5.63. The molecular weight excluding hydrogens is 432 g/mol. The van der Waals surface area contributed by atoms with Crippen molar-refractivity contribution in [2.75, 3.05) is 6.79 Å². The minimum atomic E-state index is -0.581. The largest absolute Gasteiger partial charge is 0.457 e. The number of carbonyl (C=O) groups is 3. The van der Waals surface area contributed by atoms with Crippen LogP contribution in [-0.4, -0.2) is 24.5 Å². The number of ether oxygens (including phenoxy) is 3. The van der Waals surface area contributed by atoms with E-state index in [1.54, 1.807) is 36.4 Å². The standard InChI is InChI=1S/C28H30O6/c1-5-26(29)33-17-32-22-13-9-21(10-14-22)28(31)34-23-11-7-20(8-12-23)16-25-19(4)6-15-24(18(2)3)27(25)30/h5,7-14,16,18-19,24H,1,6,15,17H2,2-4H3/b25-16+/t19?,24-/m1/s1. The lowest BCUT2D eigenvalue weighted by molar-refractivity contribution is -0.144. The Hall–Kier alpha value is -3.67. The number of hydrogen-bond acceptors (Lipinski definition) is 6. The molecule has 1 saturated carbocycles. The number of hydrogen-bond donors (Lipinski definition) is 0. The molecule has 0 heterocycles. The summed E-state index contributed by atoms with van der Waals surface area (Å²) in [6, 6.07) is 13.4. The van der Waals surface area contributed by atoms with Crippen molar-refractivity contribution < 1.29 is 28.6 Å². The summed E-state index contributed by atoms with van der Waals surface area (Å²) in [5, 5.41) is 0. The van der Waals surface area contributed by atoms with E-state index in [0.29, 0.717) is 23.0 Å². The molecule has 0 aromatic heterocycles. The average Bonchev–Trinajstić information content (AvgIpc) is 2.82. The van der Waals surface area contributed by atoms with Crippen molar-refractivity contribution in [2.24, 2.45) is 17.8 Å². The number of esters is 2. The van der Waals surface area contributed by atoms with Crippen LogP contribution < -0.4 is 9.47 Å². The lowest BCUT2D eigenvalue weighted by Gasteiger charge is -2.30. The molecule has 2 atom stereocenters. The van der Waals surface area contributed by atoms with Gasteiger partial charge in [0.1, 0.15) is 11.5 Å². The monoisotopic (exact) mass is 462 g/mol. The molecule has 0 saturated heterocycles. The van der Waals surface area contributed by atoms with Gasteiger partial charge in [0.05, 0.1) is 5.56 Å². The zero-order valence-electron chi connectivity index (χ0n) is 19.8. The Labute approximate surface area is 200 Å². The van der Waals surface area contributed by atoms with Gasteiger partial charge in [0, 0.05) is 12.0 Å². The van der Waals surface area contributed by atoms with Crippen molar-refractivity contribution in [3.05, 3.63) is 77.9 Å². The number of Topliss-reactive ketones (excluding diaryl/α,β-unsaturated/α-hetero) is 1. The smallest absolute Gasteiger partial charge is 0.343 e. The summed E-state index contributed by atoms with van der Waals surface area (Å²) in [4.78, 5) is 36.4. The first-order valence-corrected chi connectivity index (χ1v) is 11.4. The number of carbonyl (C=O) groups excluding carboxylic acids is 3. The number of benzene rings is 2. The summed E-state index contributed by atoms with van der Waals surface area (Å²) in [6.45, 7) is 9.34. The third kappa shape index (κ3) is 6.44. The fourth-order valence-electron chi connectivity index (χ4n) is 3.90. The topological polar surface area (TPSA) is 78.9 Å². The predicted molar refractivity (Wildman–Crippen MR) is 129 cm³/mol. The number of ketones is 1. The first-order chi connectivity index (χ1) is 16.3. The summed E-state index contributed by atoms with van der Waals surface area (Å²) < 4.78 is 15.5. The van der Waals surface area contributed by atoms with Gasteiger partial charge in [0.25, 0.3) is 0 Å². The summed E-state index contributed by atoms with van der Waals surface area (Å²) >= 11 is 0. The second kappa shape index (κ2) is 11.5. The Kier molecular flexibility index (Phi) is 8.41. The Morgan fingerprint density at radius 1 is 1.03 bits per heavy atom. The third-order valence-corrected chi connectivity index (χ3v) is 5.96. The van der Waals surface area contributed by atoms with Crippen LogP contribution in [0.3, 0.4) is 0 Å². The number of allylic oxidation sites excluding steroid dienone is 1. The average molecular weight is 463 g/mol. The second-order valence-corrected chi connectivity index (χ2v) is 8.71. The molecule has 1 unspecified atom stereocenters. The van der Waals surface area contributed by atoms with E-state index >= 15 is 0 Å². The van der Waals surface area contributed by atoms with Crippen molar-refractivity contribution in [3.8, 4) is 11.5 Å². The molecule has 2 aromatic rings. The molecule has 1 fully saturated rings. The van der Waals surface area contributed by atoms with Crippen LogP contribution in [0.15, 0.2) is 66.8 Å². The zero-order chi connectivity index (χ0) is 24.7. The molecule has 2 aromatic carbocycles. The van der Waals surface area contributed by atoms with Gasteiger partial charge in [-0.3, -0.25) is 4.79 Å². The highest BCUT2D eigenvalue weighted by Crippen LogP contribution is 2.35. The Balaban J connectivity index is 1.60. The van der Waals surface area contributed by atoms with Gasteiger partial charge >= 0.3 is 11.9 Å². The molecule has 0 spiro atoms. The molecule has 3 rings (SSSR count). The summed E-state index contributed by atoms with van der Waals surface area (Å²) in [5.74, 6) is 0.663. The lowest BCUT2D eigenvalue weighted by Crippen LogP contribution is -2.30. The van der Waals surface area contributed by atoms with Crippen LogP contribution in [0, 0.1) is 17.8 Å². The van der Waals surface area contributed by atoms with Gasteiger partial charge in [0.2, 0.25) is 6.79 Å². The minimum Gasteiger partial charge on any atom is -0.457 e. The van der Waals surface area contributed by atoms with E-state index in [9.17, 15) is 14.4 Å². The molecule has 1 aliphatic rings. The molecule has 0 N–H and O–H groups in total.